The largest absolute Gasteiger partial charge is 0.244 e. The Kier molecular flexibility index (Phi) is 6.54. The maximum atomic E-state index is 13.7. The molecule has 3 rings (SSSR count). The van der Waals surface area contributed by atoms with E-state index in [0.717, 1.165) is 30.6 Å². The normalized spacial score (nSPS) is 47.5. The highest BCUT2D eigenvalue weighted by atomic mass is 19.2. The van der Waals surface area contributed by atoms with Crippen molar-refractivity contribution in [3.05, 3.63) is 0 Å². The molecule has 0 amide bonds. The van der Waals surface area contributed by atoms with Crippen LogP contribution in [0.3, 0.4) is 0 Å². The lowest BCUT2D eigenvalue weighted by Crippen LogP contribution is -2.40. The van der Waals surface area contributed by atoms with Crippen LogP contribution >= 0.6 is 0 Å². The van der Waals surface area contributed by atoms with Crippen LogP contribution in [0.25, 0.3) is 0 Å². The van der Waals surface area contributed by atoms with Gasteiger partial charge in [0.25, 0.3) is 0 Å². The zero-order valence-electron chi connectivity index (χ0n) is 15.2. The minimum absolute atomic E-state index is 0.0724. The van der Waals surface area contributed by atoms with Crippen LogP contribution in [0.2, 0.25) is 0 Å². The quantitative estimate of drug-likeness (QED) is 0.524. The predicted octanol–water partition coefficient (Wildman–Crippen LogP) is 6.82. The van der Waals surface area contributed by atoms with Crippen LogP contribution in [0.4, 0.5) is 13.2 Å². The zero-order chi connectivity index (χ0) is 17.1. The maximum absolute atomic E-state index is 13.7. The molecule has 0 aliphatic heterocycles. The van der Waals surface area contributed by atoms with Crippen molar-refractivity contribution in [2.75, 3.05) is 0 Å². The van der Waals surface area contributed by atoms with E-state index >= 15 is 0 Å². The topological polar surface area (TPSA) is 0 Å². The predicted molar refractivity (Wildman–Crippen MR) is 93.2 cm³/mol. The second-order valence-electron chi connectivity index (χ2n) is 8.95. The van der Waals surface area contributed by atoms with Gasteiger partial charge in [0.05, 0.1) is 0 Å². The van der Waals surface area contributed by atoms with Crippen LogP contribution in [-0.2, 0) is 0 Å². The van der Waals surface area contributed by atoms with Crippen molar-refractivity contribution in [3.63, 3.8) is 0 Å². The summed E-state index contributed by atoms with van der Waals surface area (Å²) in [6.45, 7) is 2.29. The van der Waals surface area contributed by atoms with Gasteiger partial charge >= 0.3 is 0 Å². The van der Waals surface area contributed by atoms with E-state index in [9.17, 15) is 13.2 Å². The first-order valence-corrected chi connectivity index (χ1v) is 10.5. The Bertz CT molecular complexity index is 357. The van der Waals surface area contributed by atoms with Gasteiger partial charge in [-0.2, -0.15) is 0 Å². The minimum Gasteiger partial charge on any atom is -0.244 e. The molecule has 0 heterocycles. The number of hydrogen-bond acceptors (Lipinski definition) is 0. The molecule has 3 heteroatoms. The smallest absolute Gasteiger partial charge is 0.162 e. The Hall–Kier alpha value is -0.210. The van der Waals surface area contributed by atoms with Gasteiger partial charge in [-0.15, -0.1) is 0 Å². The van der Waals surface area contributed by atoms with E-state index in [-0.39, 0.29) is 18.8 Å². The molecule has 0 saturated heterocycles. The second-order valence-corrected chi connectivity index (χ2v) is 8.95. The Labute approximate surface area is 146 Å². The number of alkyl halides is 3. The van der Waals surface area contributed by atoms with Gasteiger partial charge in [0.1, 0.15) is 12.3 Å². The molecule has 0 radical (unpaired) electrons. The molecule has 0 spiro atoms. The fourth-order valence-corrected chi connectivity index (χ4v) is 5.99. The third-order valence-electron chi connectivity index (χ3n) is 7.49. The Morgan fingerprint density at radius 1 is 0.625 bits per heavy atom. The fraction of sp³-hybridized carbons (Fsp3) is 1.00. The average Bonchev–Trinajstić information content (AvgIpc) is 2.60. The van der Waals surface area contributed by atoms with Crippen LogP contribution in [-0.4, -0.2) is 18.5 Å². The van der Waals surface area contributed by atoms with Crippen LogP contribution in [0, 0.1) is 29.6 Å². The van der Waals surface area contributed by atoms with Crippen LogP contribution in [0.5, 0.6) is 0 Å². The Balaban J connectivity index is 1.43. The molecule has 0 nitrogen and oxygen atoms in total. The highest BCUT2D eigenvalue weighted by Gasteiger charge is 2.42. The molecule has 2 atom stereocenters. The van der Waals surface area contributed by atoms with Gasteiger partial charge in [0.2, 0.25) is 0 Å². The van der Waals surface area contributed by atoms with E-state index in [1.54, 1.807) is 0 Å². The third kappa shape index (κ3) is 4.30. The van der Waals surface area contributed by atoms with Gasteiger partial charge in [0, 0.05) is 0 Å². The minimum atomic E-state index is -1.88. The van der Waals surface area contributed by atoms with Gasteiger partial charge in [-0.1, -0.05) is 32.6 Å². The zero-order valence-corrected chi connectivity index (χ0v) is 15.2. The third-order valence-corrected chi connectivity index (χ3v) is 7.49. The molecule has 0 N–H and O–H groups in total. The van der Waals surface area contributed by atoms with Gasteiger partial charge in [-0.3, -0.25) is 0 Å². The van der Waals surface area contributed by atoms with Crippen molar-refractivity contribution in [2.45, 2.75) is 102 Å². The van der Waals surface area contributed by atoms with E-state index in [1.807, 2.05) is 0 Å². The second kappa shape index (κ2) is 8.45. The number of hydrogen-bond donors (Lipinski definition) is 0. The summed E-state index contributed by atoms with van der Waals surface area (Å²) in [6.07, 6.45) is 8.47. The van der Waals surface area contributed by atoms with Gasteiger partial charge in [0.15, 0.2) is 6.17 Å². The number of rotatable bonds is 4. The molecule has 24 heavy (non-hydrogen) atoms. The standard InChI is InChI=1S/C21H35F3/c1-2-3-14-4-6-15(7-5-14)16-8-10-17(11-9-16)18-12-19(22)21(24)20(23)13-18/h14-21H,2-13H2,1H3. The van der Waals surface area contributed by atoms with E-state index in [2.05, 4.69) is 6.92 Å². The monoisotopic (exact) mass is 344 g/mol. The first-order valence-electron chi connectivity index (χ1n) is 10.5. The first kappa shape index (κ1) is 18.6. The summed E-state index contributed by atoms with van der Waals surface area (Å²) >= 11 is 0. The Morgan fingerprint density at radius 3 is 1.50 bits per heavy atom. The number of halogens is 3. The molecule has 0 bridgehead atoms. The van der Waals surface area contributed by atoms with Gasteiger partial charge < -0.3 is 0 Å². The molecule has 0 aromatic carbocycles. The van der Waals surface area contributed by atoms with Crippen molar-refractivity contribution in [3.8, 4) is 0 Å². The molecule has 2 unspecified atom stereocenters. The lowest BCUT2D eigenvalue weighted by Gasteiger charge is -2.41. The highest BCUT2D eigenvalue weighted by molar-refractivity contribution is 4.91. The highest BCUT2D eigenvalue weighted by Crippen LogP contribution is 2.46. The molecule has 3 fully saturated rings. The summed E-state index contributed by atoms with van der Waals surface area (Å²) in [5, 5.41) is 0. The fourth-order valence-electron chi connectivity index (χ4n) is 5.99. The van der Waals surface area contributed by atoms with E-state index in [4.69, 9.17) is 0 Å². The molecule has 3 aliphatic rings. The molecule has 3 aliphatic carbocycles. The maximum Gasteiger partial charge on any atom is 0.162 e. The van der Waals surface area contributed by atoms with E-state index in [1.165, 1.54) is 51.4 Å². The van der Waals surface area contributed by atoms with Gasteiger partial charge in [-0.05, 0) is 81.0 Å². The molecule has 0 aromatic heterocycles. The lowest BCUT2D eigenvalue weighted by atomic mass is 9.65. The van der Waals surface area contributed by atoms with Crippen LogP contribution in [0.15, 0.2) is 0 Å². The van der Waals surface area contributed by atoms with E-state index < -0.39 is 18.5 Å². The van der Waals surface area contributed by atoms with Crippen molar-refractivity contribution < 1.29 is 13.2 Å². The SMILES string of the molecule is CCCC1CCC(C2CCC(C3CC(F)C(F)C(F)C3)CC2)CC1. The van der Waals surface area contributed by atoms with E-state index in [0.29, 0.717) is 5.92 Å². The molecular weight excluding hydrogens is 309 g/mol. The van der Waals surface area contributed by atoms with Crippen LogP contribution < -0.4 is 0 Å². The molecular formula is C21H35F3. The summed E-state index contributed by atoms with van der Waals surface area (Å²) in [5.74, 6) is 3.19. The lowest BCUT2D eigenvalue weighted by molar-refractivity contribution is -0.00707. The molecule has 140 valence electrons. The summed E-state index contributed by atoms with van der Waals surface area (Å²) < 4.78 is 40.7. The molecule has 3 saturated carbocycles. The van der Waals surface area contributed by atoms with Crippen molar-refractivity contribution in [1.29, 1.82) is 0 Å². The summed E-state index contributed by atoms with van der Waals surface area (Å²) in [5.41, 5.74) is 0. The van der Waals surface area contributed by atoms with Crippen molar-refractivity contribution in [2.24, 2.45) is 29.6 Å². The molecule has 0 aromatic rings. The Morgan fingerprint density at radius 2 is 1.04 bits per heavy atom. The summed E-state index contributed by atoms with van der Waals surface area (Å²) in [6, 6.07) is 0. The van der Waals surface area contributed by atoms with Crippen LogP contribution in [0.1, 0.15) is 84.0 Å². The summed E-state index contributed by atoms with van der Waals surface area (Å²) in [7, 11) is 0. The van der Waals surface area contributed by atoms with Crippen molar-refractivity contribution >= 4 is 0 Å². The summed E-state index contributed by atoms with van der Waals surface area (Å²) in [4.78, 5) is 0. The first-order chi connectivity index (χ1) is 11.6. The van der Waals surface area contributed by atoms with Gasteiger partial charge in [-0.25, -0.2) is 13.2 Å². The average molecular weight is 345 g/mol. The van der Waals surface area contributed by atoms with Crippen molar-refractivity contribution in [1.82, 2.24) is 0 Å².